The Bertz CT molecular complexity index is 1120. The number of hydrogen-bond acceptors (Lipinski definition) is 6. The van der Waals surface area contributed by atoms with Crippen molar-refractivity contribution < 1.29 is 37.3 Å². The van der Waals surface area contributed by atoms with Crippen molar-refractivity contribution in [3.63, 3.8) is 0 Å². The molecule has 4 rings (SSSR count). The van der Waals surface area contributed by atoms with E-state index < -0.39 is 23.9 Å². The molecular formula is C29H36F3NO5. The topological polar surface area (TPSA) is 68.2 Å². The number of ether oxygens (including phenoxy) is 3. The molecule has 4 atom stereocenters. The summed E-state index contributed by atoms with van der Waals surface area (Å²) in [6, 6.07) is 10.6. The molecule has 0 radical (unpaired) electrons. The largest absolute Gasteiger partial charge is 0.496 e. The fourth-order valence-corrected chi connectivity index (χ4v) is 6.05. The van der Waals surface area contributed by atoms with Crippen molar-refractivity contribution in [1.29, 1.82) is 0 Å². The van der Waals surface area contributed by atoms with E-state index in [0.717, 1.165) is 31.2 Å². The van der Waals surface area contributed by atoms with Crippen molar-refractivity contribution >= 4 is 5.97 Å². The molecule has 1 unspecified atom stereocenters. The third kappa shape index (κ3) is 5.16. The van der Waals surface area contributed by atoms with Crippen molar-refractivity contribution in [1.82, 2.24) is 4.90 Å². The van der Waals surface area contributed by atoms with Crippen LogP contribution in [-0.2, 0) is 32.9 Å². The van der Waals surface area contributed by atoms with Crippen molar-refractivity contribution in [2.75, 3.05) is 27.3 Å². The Morgan fingerprint density at radius 1 is 1.16 bits per heavy atom. The minimum atomic E-state index is -5.03. The zero-order chi connectivity index (χ0) is 27.7. The maximum absolute atomic E-state index is 14.5. The number of fused-ring (bicyclic) bond motifs is 3. The number of carbonyl (C=O) groups excluding carboxylic acids is 1. The summed E-state index contributed by atoms with van der Waals surface area (Å²) in [6.07, 6.45) is -3.92. The number of rotatable bonds is 8. The number of hydrogen-bond donors (Lipinski definition) is 1. The Kier molecular flexibility index (Phi) is 8.40. The van der Waals surface area contributed by atoms with E-state index in [0.29, 0.717) is 30.7 Å². The predicted molar refractivity (Wildman–Crippen MR) is 136 cm³/mol. The second-order valence-corrected chi connectivity index (χ2v) is 10.6. The molecule has 0 bridgehead atoms. The number of halogens is 3. The standard InChI is InChI=1S/C29H36F3NO5/c1-18(2)12-20-16-33-11-10-19-14-25(36-3)21(17-34)13-23(19)24(33)15-26(20)38-27(35)28(37-4,29(30,31)32)22-8-6-5-7-9-22/h5-9,13-14,18,20,24,26,34H,10-12,15-17H2,1-4H3/t20-,24+,26-,28?/m1/s1. The summed E-state index contributed by atoms with van der Waals surface area (Å²) >= 11 is 0. The molecule has 0 amide bonds. The van der Waals surface area contributed by atoms with E-state index in [1.54, 1.807) is 13.2 Å². The number of nitrogens with zero attached hydrogens (tertiary/aromatic N) is 1. The number of alkyl halides is 3. The van der Waals surface area contributed by atoms with Gasteiger partial charge in [0.2, 0.25) is 0 Å². The Balaban J connectivity index is 1.70. The van der Waals surface area contributed by atoms with Crippen LogP contribution in [-0.4, -0.2) is 55.6 Å². The first-order valence-electron chi connectivity index (χ1n) is 13.0. The number of methoxy groups -OCH3 is 2. The molecule has 2 aromatic carbocycles. The Labute approximate surface area is 221 Å². The smallest absolute Gasteiger partial charge is 0.432 e. The van der Waals surface area contributed by atoms with Crippen LogP contribution in [0.5, 0.6) is 5.75 Å². The number of esters is 1. The second kappa shape index (κ2) is 11.2. The normalized spacial score (nSPS) is 23.3. The quantitative estimate of drug-likeness (QED) is 0.471. The average molecular weight is 536 g/mol. The molecule has 1 fully saturated rings. The highest BCUT2D eigenvalue weighted by molar-refractivity contribution is 5.83. The lowest BCUT2D eigenvalue weighted by Crippen LogP contribution is -2.55. The van der Waals surface area contributed by atoms with Crippen molar-refractivity contribution in [2.45, 2.75) is 63.6 Å². The first-order chi connectivity index (χ1) is 18.0. The molecule has 2 aliphatic rings. The van der Waals surface area contributed by atoms with E-state index in [9.17, 15) is 23.1 Å². The van der Waals surface area contributed by atoms with E-state index >= 15 is 0 Å². The van der Waals surface area contributed by atoms with Crippen LogP contribution in [0, 0.1) is 11.8 Å². The van der Waals surface area contributed by atoms with Gasteiger partial charge in [-0.15, -0.1) is 0 Å². The lowest BCUT2D eigenvalue weighted by atomic mass is 9.78. The number of benzene rings is 2. The predicted octanol–water partition coefficient (Wildman–Crippen LogP) is 5.17. The van der Waals surface area contributed by atoms with Gasteiger partial charge in [0.1, 0.15) is 11.9 Å². The molecule has 1 saturated heterocycles. The molecule has 0 aliphatic carbocycles. The highest BCUT2D eigenvalue weighted by Gasteiger charge is 2.64. The lowest BCUT2D eigenvalue weighted by Gasteiger charge is -2.48. The lowest BCUT2D eigenvalue weighted by molar-refractivity contribution is -0.280. The van der Waals surface area contributed by atoms with E-state index in [4.69, 9.17) is 14.2 Å². The van der Waals surface area contributed by atoms with Gasteiger partial charge in [0.25, 0.3) is 5.60 Å². The van der Waals surface area contributed by atoms with Crippen molar-refractivity contribution in [3.05, 3.63) is 64.7 Å². The summed E-state index contributed by atoms with van der Waals surface area (Å²) < 4.78 is 59.8. The van der Waals surface area contributed by atoms with Gasteiger partial charge in [0.05, 0.1) is 13.7 Å². The Morgan fingerprint density at radius 2 is 1.87 bits per heavy atom. The number of aliphatic hydroxyl groups is 1. The van der Waals surface area contributed by atoms with Crippen LogP contribution in [0.4, 0.5) is 13.2 Å². The first kappa shape index (κ1) is 28.4. The molecule has 0 saturated carbocycles. The monoisotopic (exact) mass is 535 g/mol. The molecule has 6 nitrogen and oxygen atoms in total. The minimum absolute atomic E-state index is 0.133. The van der Waals surface area contributed by atoms with Crippen LogP contribution >= 0.6 is 0 Å². The van der Waals surface area contributed by atoms with Crippen LogP contribution < -0.4 is 4.74 Å². The van der Waals surface area contributed by atoms with Gasteiger partial charge >= 0.3 is 12.1 Å². The maximum atomic E-state index is 14.5. The highest BCUT2D eigenvalue weighted by atomic mass is 19.4. The van der Waals surface area contributed by atoms with Gasteiger partial charge in [0.15, 0.2) is 0 Å². The van der Waals surface area contributed by atoms with Crippen LogP contribution in [0.3, 0.4) is 0 Å². The number of aliphatic hydroxyl groups excluding tert-OH is 1. The molecule has 38 heavy (non-hydrogen) atoms. The van der Waals surface area contributed by atoms with E-state index in [1.165, 1.54) is 24.3 Å². The van der Waals surface area contributed by atoms with Crippen LogP contribution in [0.25, 0.3) is 0 Å². The van der Waals surface area contributed by atoms with E-state index in [1.807, 2.05) is 12.1 Å². The second-order valence-electron chi connectivity index (χ2n) is 10.6. The number of carbonyl (C=O) groups is 1. The van der Waals surface area contributed by atoms with E-state index in [2.05, 4.69) is 18.7 Å². The molecule has 1 N–H and O–H groups in total. The fraction of sp³-hybridized carbons (Fsp3) is 0.552. The Hall–Kier alpha value is -2.62. The zero-order valence-corrected chi connectivity index (χ0v) is 22.3. The average Bonchev–Trinajstić information content (AvgIpc) is 2.88. The fourth-order valence-electron chi connectivity index (χ4n) is 6.05. The SMILES string of the molecule is COc1cc2c(cc1CO)[C@@H]1C[C@@H](OC(=O)C(OC)(c3ccccc3)C(F)(F)F)[C@H](CC(C)C)CN1CC2. The summed E-state index contributed by atoms with van der Waals surface area (Å²) in [5, 5.41) is 9.88. The zero-order valence-electron chi connectivity index (χ0n) is 22.3. The molecule has 0 aromatic heterocycles. The summed E-state index contributed by atoms with van der Waals surface area (Å²) in [6.45, 7) is 5.28. The van der Waals surface area contributed by atoms with Gasteiger partial charge in [-0.25, -0.2) is 4.79 Å². The molecule has 208 valence electrons. The summed E-state index contributed by atoms with van der Waals surface area (Å²) in [7, 11) is 2.44. The van der Waals surface area contributed by atoms with E-state index in [-0.39, 0.29) is 30.0 Å². The summed E-state index contributed by atoms with van der Waals surface area (Å²) in [4.78, 5) is 15.8. The third-order valence-electron chi connectivity index (χ3n) is 7.84. The van der Waals surface area contributed by atoms with Gasteiger partial charge in [-0.2, -0.15) is 13.2 Å². The number of piperidine rings is 1. The molecule has 2 aromatic rings. The third-order valence-corrected chi connectivity index (χ3v) is 7.84. The molecule has 0 spiro atoms. The molecular weight excluding hydrogens is 499 g/mol. The summed E-state index contributed by atoms with van der Waals surface area (Å²) in [5.74, 6) is -0.711. The first-order valence-corrected chi connectivity index (χ1v) is 13.0. The molecule has 2 aliphatic heterocycles. The van der Waals surface area contributed by atoms with Gasteiger partial charge in [0, 0.05) is 49.7 Å². The van der Waals surface area contributed by atoms with Gasteiger partial charge in [-0.3, -0.25) is 4.90 Å². The molecule has 9 heteroatoms. The van der Waals surface area contributed by atoms with Crippen molar-refractivity contribution in [3.8, 4) is 5.75 Å². The van der Waals surface area contributed by atoms with Crippen molar-refractivity contribution in [2.24, 2.45) is 11.8 Å². The minimum Gasteiger partial charge on any atom is -0.496 e. The van der Waals surface area contributed by atoms with Gasteiger partial charge in [-0.1, -0.05) is 44.2 Å². The Morgan fingerprint density at radius 3 is 2.45 bits per heavy atom. The van der Waals surface area contributed by atoms with Gasteiger partial charge < -0.3 is 19.3 Å². The highest BCUT2D eigenvalue weighted by Crippen LogP contribution is 2.46. The molecule has 2 heterocycles. The maximum Gasteiger partial charge on any atom is 0.432 e. The summed E-state index contributed by atoms with van der Waals surface area (Å²) in [5.41, 5.74) is -0.845. The van der Waals surface area contributed by atoms with Gasteiger partial charge in [-0.05, 0) is 42.0 Å². The van der Waals surface area contributed by atoms with Crippen LogP contribution in [0.2, 0.25) is 0 Å². The van der Waals surface area contributed by atoms with Crippen LogP contribution in [0.1, 0.15) is 55.0 Å². The van der Waals surface area contributed by atoms with Crippen LogP contribution in [0.15, 0.2) is 42.5 Å².